The molecule has 1 aromatic carbocycles. The number of benzene rings is 1. The number of hydrogen-bond acceptors (Lipinski definition) is 8. The maximum absolute atomic E-state index is 14.6. The van der Waals surface area contributed by atoms with E-state index in [9.17, 15) is 24.6 Å². The van der Waals surface area contributed by atoms with E-state index in [1.807, 2.05) is 51.1 Å². The predicted molar refractivity (Wildman–Crippen MR) is 176 cm³/mol. The number of carbonyl (C=O) groups excluding carboxylic acids is 3. The first-order valence-electron chi connectivity index (χ1n) is 16.6. The fourth-order valence-electron chi connectivity index (χ4n) is 6.40. The van der Waals surface area contributed by atoms with E-state index in [0.29, 0.717) is 12.1 Å². The van der Waals surface area contributed by atoms with Gasteiger partial charge in [-0.05, 0) is 63.9 Å². The number of carbonyl (C=O) groups is 3. The highest BCUT2D eigenvalue weighted by Crippen LogP contribution is 2.44. The van der Waals surface area contributed by atoms with Crippen molar-refractivity contribution in [2.45, 2.75) is 129 Å². The van der Waals surface area contributed by atoms with Gasteiger partial charge in [-0.2, -0.15) is 0 Å². The molecule has 6 N–H and O–H groups in total. The van der Waals surface area contributed by atoms with E-state index in [-0.39, 0.29) is 36.9 Å². The zero-order valence-electron chi connectivity index (χ0n) is 28.3. The summed E-state index contributed by atoms with van der Waals surface area (Å²) in [6.45, 7) is 11.1. The number of Topliss-reactive ketones (excluding diaryl/α,β-unsaturated/α-hetero) is 1. The van der Waals surface area contributed by atoms with Crippen molar-refractivity contribution in [2.75, 3.05) is 0 Å². The van der Waals surface area contributed by atoms with Gasteiger partial charge in [-0.3, -0.25) is 15.0 Å². The second kappa shape index (κ2) is 17.0. The molecule has 46 heavy (non-hydrogen) atoms. The molecular weight excluding hydrogens is 586 g/mol. The average Bonchev–Trinajstić information content (AvgIpc) is 3.51. The first-order chi connectivity index (χ1) is 21.7. The van der Waals surface area contributed by atoms with Crippen molar-refractivity contribution in [3.63, 3.8) is 0 Å². The smallest absolute Gasteiger partial charge is 0.408 e. The number of ketones is 1. The normalized spacial score (nSPS) is 18.2. The number of alkyl carbamates (subject to hydrolysis) is 1. The van der Waals surface area contributed by atoms with E-state index < -0.39 is 47.3 Å². The summed E-state index contributed by atoms with van der Waals surface area (Å²) in [5.41, 5.74) is 5.51. The van der Waals surface area contributed by atoms with Crippen LogP contribution in [-0.2, 0) is 27.2 Å². The van der Waals surface area contributed by atoms with Gasteiger partial charge in [0.15, 0.2) is 5.78 Å². The summed E-state index contributed by atoms with van der Waals surface area (Å²) in [6, 6.07) is 7.43. The molecule has 0 saturated heterocycles. The molecule has 1 unspecified atom stereocenters. The van der Waals surface area contributed by atoms with Gasteiger partial charge >= 0.3 is 6.09 Å². The second-order valence-corrected chi connectivity index (χ2v) is 14.4. The maximum Gasteiger partial charge on any atom is 0.408 e. The number of aliphatic hydroxyl groups is 2. The van der Waals surface area contributed by atoms with Gasteiger partial charge in [-0.15, -0.1) is 0 Å². The summed E-state index contributed by atoms with van der Waals surface area (Å²) < 4.78 is 5.42. The van der Waals surface area contributed by atoms with Gasteiger partial charge in [0, 0.05) is 30.1 Å². The Morgan fingerprint density at radius 3 is 2.24 bits per heavy atom. The van der Waals surface area contributed by atoms with Gasteiger partial charge in [0.25, 0.3) is 5.91 Å². The molecule has 256 valence electrons. The number of aromatic nitrogens is 2. The minimum Gasteiger partial charge on any atom is -0.444 e. The van der Waals surface area contributed by atoms with E-state index in [1.165, 1.54) is 6.33 Å². The van der Waals surface area contributed by atoms with E-state index in [0.717, 1.165) is 37.7 Å². The van der Waals surface area contributed by atoms with Crippen LogP contribution in [0.2, 0.25) is 0 Å². The summed E-state index contributed by atoms with van der Waals surface area (Å²) >= 11 is 0. The molecule has 11 nitrogen and oxygen atoms in total. The van der Waals surface area contributed by atoms with Gasteiger partial charge in [0.2, 0.25) is 0 Å². The quantitative estimate of drug-likeness (QED) is 0.147. The number of aliphatic hydroxyl groups excluding tert-OH is 2. The van der Waals surface area contributed by atoms with Crippen LogP contribution in [0.4, 0.5) is 4.79 Å². The highest BCUT2D eigenvalue weighted by molar-refractivity contribution is 5.91. The SMILES string of the molecule is CC(C)C[C@H](O)[C@H](O)CC(C)(C(=O)[C@H](Cc1cnc[nH]1)NNC(=O)[C@H](Cc1ccccc1)NC(=O)OC(C)(C)C)C1CCCCC1. The maximum atomic E-state index is 14.6. The molecule has 0 radical (unpaired) electrons. The zero-order valence-corrected chi connectivity index (χ0v) is 28.3. The molecule has 1 heterocycles. The molecule has 0 spiro atoms. The predicted octanol–water partition coefficient (Wildman–Crippen LogP) is 4.39. The Morgan fingerprint density at radius 1 is 0.978 bits per heavy atom. The van der Waals surface area contributed by atoms with Crippen molar-refractivity contribution >= 4 is 17.8 Å². The third-order valence-electron chi connectivity index (χ3n) is 8.81. The molecule has 3 rings (SSSR count). The van der Waals surface area contributed by atoms with Crippen LogP contribution in [0.25, 0.3) is 0 Å². The molecule has 0 aliphatic heterocycles. The van der Waals surface area contributed by atoms with Crippen molar-refractivity contribution in [3.05, 3.63) is 54.1 Å². The van der Waals surface area contributed by atoms with E-state index in [1.54, 1.807) is 27.0 Å². The Morgan fingerprint density at radius 2 is 1.65 bits per heavy atom. The summed E-state index contributed by atoms with van der Waals surface area (Å²) in [5.74, 6) is -0.505. The first kappa shape index (κ1) is 37.2. The Bertz CT molecular complexity index is 1230. The molecule has 1 aromatic heterocycles. The topological polar surface area (TPSA) is 166 Å². The largest absolute Gasteiger partial charge is 0.444 e. The molecule has 1 fully saturated rings. The fraction of sp³-hybridized carbons (Fsp3) is 0.657. The van der Waals surface area contributed by atoms with Crippen LogP contribution in [0.15, 0.2) is 42.9 Å². The standard InChI is InChI=1S/C35H55N5O6/c1-23(2)17-29(41)30(42)20-35(6,25-15-11-8-12-16-25)31(43)27(19-26-21-36-22-37-26)39-40-32(44)28(18-24-13-9-7-10-14-24)38-33(45)46-34(3,4)5/h7,9-10,13-14,21-23,25,27-30,39,41-42H,8,11-12,15-20H2,1-6H3,(H,36,37)(H,38,45)(H,40,44)/t27-,28-,29-,30+,35?/m0/s1. The van der Waals surface area contributed by atoms with Crippen LogP contribution in [0.3, 0.4) is 0 Å². The number of rotatable bonds is 16. The number of H-pyrrole nitrogens is 1. The monoisotopic (exact) mass is 641 g/mol. The summed E-state index contributed by atoms with van der Waals surface area (Å²) in [4.78, 5) is 48.2. The van der Waals surface area contributed by atoms with Gasteiger partial charge in [-0.25, -0.2) is 15.2 Å². The number of nitrogens with one attached hydrogen (secondary N) is 4. The van der Waals surface area contributed by atoms with Crippen molar-refractivity contribution in [1.29, 1.82) is 0 Å². The molecular formula is C35H55N5O6. The Kier molecular flexibility index (Phi) is 13.8. The van der Waals surface area contributed by atoms with Crippen LogP contribution >= 0.6 is 0 Å². The van der Waals surface area contributed by atoms with E-state index in [2.05, 4.69) is 26.1 Å². The molecule has 11 heteroatoms. The molecule has 2 amide bonds. The molecule has 0 bridgehead atoms. The number of aromatic amines is 1. The lowest BCUT2D eigenvalue weighted by Crippen LogP contribution is -2.59. The minimum absolute atomic E-state index is 0.0103. The zero-order chi connectivity index (χ0) is 33.9. The Balaban J connectivity index is 1.87. The van der Waals surface area contributed by atoms with Gasteiger partial charge in [0.1, 0.15) is 11.6 Å². The molecule has 1 saturated carbocycles. The second-order valence-electron chi connectivity index (χ2n) is 14.4. The first-order valence-corrected chi connectivity index (χ1v) is 16.6. The summed E-state index contributed by atoms with van der Waals surface area (Å²) in [6.07, 6.45) is 6.11. The van der Waals surface area contributed by atoms with E-state index in [4.69, 9.17) is 4.74 Å². The van der Waals surface area contributed by atoms with Crippen LogP contribution < -0.4 is 16.2 Å². The van der Waals surface area contributed by atoms with Crippen molar-refractivity contribution in [2.24, 2.45) is 17.3 Å². The van der Waals surface area contributed by atoms with E-state index >= 15 is 0 Å². The summed E-state index contributed by atoms with van der Waals surface area (Å²) in [5, 5.41) is 24.6. The Labute approximate surface area is 273 Å². The minimum atomic E-state index is -1.08. The van der Waals surface area contributed by atoms with Crippen LogP contribution in [0.5, 0.6) is 0 Å². The van der Waals surface area contributed by atoms with Crippen LogP contribution in [-0.4, -0.2) is 67.9 Å². The van der Waals surface area contributed by atoms with Crippen LogP contribution in [0.1, 0.15) is 97.7 Å². The Hall–Kier alpha value is -3.28. The molecule has 1 aliphatic carbocycles. The van der Waals surface area contributed by atoms with Crippen LogP contribution in [0, 0.1) is 17.3 Å². The highest BCUT2D eigenvalue weighted by Gasteiger charge is 2.46. The number of imidazole rings is 1. The van der Waals surface area contributed by atoms with Gasteiger partial charge < -0.3 is 25.3 Å². The number of hydrazine groups is 1. The van der Waals surface area contributed by atoms with Crippen molar-refractivity contribution in [3.8, 4) is 0 Å². The lowest BCUT2D eigenvalue weighted by molar-refractivity contribution is -0.139. The summed E-state index contributed by atoms with van der Waals surface area (Å²) in [7, 11) is 0. The lowest BCUT2D eigenvalue weighted by Gasteiger charge is -2.42. The third kappa shape index (κ3) is 11.5. The highest BCUT2D eigenvalue weighted by atomic mass is 16.6. The number of ether oxygens (including phenoxy) is 1. The third-order valence-corrected chi connectivity index (χ3v) is 8.81. The fourth-order valence-corrected chi connectivity index (χ4v) is 6.40. The number of nitrogens with zero attached hydrogens (tertiary/aromatic N) is 1. The van der Waals surface area contributed by atoms with Crippen molar-refractivity contribution < 1.29 is 29.3 Å². The van der Waals surface area contributed by atoms with Gasteiger partial charge in [0.05, 0.1) is 24.6 Å². The average molecular weight is 642 g/mol. The molecule has 1 aliphatic rings. The number of amides is 2. The lowest BCUT2D eigenvalue weighted by atomic mass is 9.63. The number of hydrogen-bond donors (Lipinski definition) is 6. The van der Waals surface area contributed by atoms with Crippen molar-refractivity contribution in [1.82, 2.24) is 26.1 Å². The molecule has 5 atom stereocenters. The molecule has 2 aromatic rings. The van der Waals surface area contributed by atoms with Gasteiger partial charge in [-0.1, -0.05) is 70.4 Å².